The molecule has 5 aromatic rings. The van der Waals surface area contributed by atoms with Gasteiger partial charge in [0.2, 0.25) is 0 Å². The minimum absolute atomic E-state index is 0.0782. The third-order valence-corrected chi connectivity index (χ3v) is 6.59. The van der Waals surface area contributed by atoms with Crippen LogP contribution in [0.5, 0.6) is 5.75 Å². The molecule has 11 nitrogen and oxygen atoms in total. The predicted octanol–water partition coefficient (Wildman–Crippen LogP) is 5.32. The summed E-state index contributed by atoms with van der Waals surface area (Å²) < 4.78 is 36.9. The van der Waals surface area contributed by atoms with Gasteiger partial charge in [0.15, 0.2) is 5.82 Å². The molecule has 0 unspecified atom stereocenters. The zero-order valence-corrected chi connectivity index (χ0v) is 22.3. The van der Waals surface area contributed by atoms with E-state index in [-0.39, 0.29) is 23.8 Å². The minimum Gasteiger partial charge on any atom is -0.494 e. The van der Waals surface area contributed by atoms with Gasteiger partial charge in [0.25, 0.3) is 0 Å². The van der Waals surface area contributed by atoms with Crippen molar-refractivity contribution >= 4 is 23.0 Å². The molecule has 0 aliphatic heterocycles. The zero-order valence-electron chi connectivity index (χ0n) is 22.3. The molecule has 0 bridgehead atoms. The fourth-order valence-electron chi connectivity index (χ4n) is 4.61. The van der Waals surface area contributed by atoms with E-state index in [2.05, 4.69) is 31.0 Å². The Balaban J connectivity index is 1.41. The molecule has 13 heteroatoms. The monoisotopic (exact) mass is 556 g/mol. The highest BCUT2D eigenvalue weighted by atomic mass is 19.1. The fourth-order valence-corrected chi connectivity index (χ4v) is 4.61. The van der Waals surface area contributed by atoms with Crippen molar-refractivity contribution < 1.29 is 13.5 Å². The molecule has 41 heavy (non-hydrogen) atoms. The maximum absolute atomic E-state index is 15.0. The van der Waals surface area contributed by atoms with Crippen LogP contribution in [0.3, 0.4) is 0 Å². The molecule has 4 heterocycles. The van der Waals surface area contributed by atoms with Crippen molar-refractivity contribution in [1.29, 1.82) is 0 Å². The Labute approximate surface area is 234 Å². The van der Waals surface area contributed by atoms with Crippen molar-refractivity contribution in [1.82, 2.24) is 40.1 Å². The molecule has 0 amide bonds. The molecule has 1 aliphatic carbocycles. The van der Waals surface area contributed by atoms with Crippen LogP contribution in [0.25, 0.3) is 11.5 Å². The van der Waals surface area contributed by atoms with Crippen LogP contribution in [-0.4, -0.2) is 46.8 Å². The molecule has 0 radical (unpaired) electrons. The molecule has 0 saturated heterocycles. The smallest absolute Gasteiger partial charge is 0.184 e. The summed E-state index contributed by atoms with van der Waals surface area (Å²) in [5.74, 6) is 0.335. The summed E-state index contributed by atoms with van der Waals surface area (Å²) in [5.41, 5.74) is 3.58. The number of hydrogen-bond donors (Lipinski definition) is 2. The molecule has 0 atom stereocenters. The first-order valence-electron chi connectivity index (χ1n) is 13.1. The van der Waals surface area contributed by atoms with Crippen molar-refractivity contribution in [2.75, 3.05) is 17.2 Å². The van der Waals surface area contributed by atoms with Crippen LogP contribution < -0.4 is 15.4 Å². The molecule has 208 valence electrons. The van der Waals surface area contributed by atoms with Gasteiger partial charge >= 0.3 is 0 Å². The van der Waals surface area contributed by atoms with E-state index >= 15 is 0 Å². The standard InChI is InChI=1S/C28H26F2N10O/c1-3-41-20-10-22(29)21(23(30)11-20)15-40-27(17-4-5-17)16(2)26(39-40)28-37-24(35-18-6-8-31-33-13-18)12-25(38-28)36-19-7-9-32-34-14-19/h6-14,17H,3-5,15H2,1-2H3,(H2,31,32,35,36,37,38). The maximum atomic E-state index is 15.0. The lowest BCUT2D eigenvalue weighted by molar-refractivity contribution is 0.335. The van der Waals surface area contributed by atoms with E-state index in [1.807, 2.05) is 6.92 Å². The second-order valence-corrected chi connectivity index (χ2v) is 9.56. The van der Waals surface area contributed by atoms with E-state index in [0.717, 1.165) is 24.1 Å². The largest absolute Gasteiger partial charge is 0.494 e. The average molecular weight is 557 g/mol. The second kappa shape index (κ2) is 11.2. The Morgan fingerprint density at radius 1 is 0.902 bits per heavy atom. The van der Waals surface area contributed by atoms with Gasteiger partial charge in [-0.2, -0.15) is 25.5 Å². The molecule has 1 fully saturated rings. The Morgan fingerprint density at radius 2 is 1.51 bits per heavy atom. The first kappa shape index (κ1) is 26.2. The second-order valence-electron chi connectivity index (χ2n) is 9.56. The van der Waals surface area contributed by atoms with E-state index in [9.17, 15) is 8.78 Å². The van der Waals surface area contributed by atoms with E-state index in [0.29, 0.717) is 41.1 Å². The molecule has 2 N–H and O–H groups in total. The first-order chi connectivity index (χ1) is 20.0. The van der Waals surface area contributed by atoms with Gasteiger partial charge in [0.05, 0.1) is 49.3 Å². The quantitative estimate of drug-likeness (QED) is 0.233. The molecule has 1 aliphatic rings. The number of aromatic nitrogens is 8. The topological polar surface area (TPSA) is 128 Å². The van der Waals surface area contributed by atoms with Crippen LogP contribution in [0, 0.1) is 18.6 Å². The molecule has 4 aromatic heterocycles. The minimum atomic E-state index is -0.684. The summed E-state index contributed by atoms with van der Waals surface area (Å²) in [6, 6.07) is 7.67. The van der Waals surface area contributed by atoms with Crippen molar-refractivity contribution in [3.05, 3.63) is 83.6 Å². The Kier molecular flexibility index (Phi) is 7.15. The summed E-state index contributed by atoms with van der Waals surface area (Å²) >= 11 is 0. The molecule has 0 spiro atoms. The van der Waals surface area contributed by atoms with Gasteiger partial charge in [0, 0.05) is 40.9 Å². The van der Waals surface area contributed by atoms with Crippen molar-refractivity contribution in [3.63, 3.8) is 0 Å². The van der Waals surface area contributed by atoms with Crippen LogP contribution in [0.15, 0.2) is 55.1 Å². The maximum Gasteiger partial charge on any atom is 0.184 e. The number of hydrogen-bond acceptors (Lipinski definition) is 10. The van der Waals surface area contributed by atoms with Crippen LogP contribution in [-0.2, 0) is 6.54 Å². The first-order valence-corrected chi connectivity index (χ1v) is 13.1. The summed E-state index contributed by atoms with van der Waals surface area (Å²) in [6.07, 6.45) is 8.23. The van der Waals surface area contributed by atoms with Crippen LogP contribution >= 0.6 is 0 Å². The summed E-state index contributed by atoms with van der Waals surface area (Å²) in [7, 11) is 0. The lowest BCUT2D eigenvalue weighted by atomic mass is 10.1. The Morgan fingerprint density at radius 3 is 2.02 bits per heavy atom. The third-order valence-electron chi connectivity index (χ3n) is 6.59. The third kappa shape index (κ3) is 5.78. The van der Waals surface area contributed by atoms with Gasteiger partial charge in [-0.05, 0) is 38.8 Å². The zero-order chi connectivity index (χ0) is 28.3. The molecule has 1 saturated carbocycles. The Bertz CT molecular complexity index is 1590. The Hall–Kier alpha value is -5.07. The van der Waals surface area contributed by atoms with Gasteiger partial charge in [-0.1, -0.05) is 0 Å². The summed E-state index contributed by atoms with van der Waals surface area (Å²) in [4.78, 5) is 9.46. The van der Waals surface area contributed by atoms with E-state index in [1.54, 1.807) is 54.6 Å². The van der Waals surface area contributed by atoms with Crippen LogP contribution in [0.1, 0.15) is 42.5 Å². The highest BCUT2D eigenvalue weighted by Crippen LogP contribution is 2.44. The highest BCUT2D eigenvalue weighted by Gasteiger charge is 2.32. The molecule has 6 rings (SSSR count). The van der Waals surface area contributed by atoms with E-state index in [1.165, 1.54) is 12.1 Å². The molecular formula is C28H26F2N10O. The molecular weight excluding hydrogens is 530 g/mol. The van der Waals surface area contributed by atoms with Gasteiger partial charge in [-0.3, -0.25) is 4.68 Å². The summed E-state index contributed by atoms with van der Waals surface area (Å²) in [6.45, 7) is 3.93. The van der Waals surface area contributed by atoms with E-state index in [4.69, 9.17) is 19.8 Å². The van der Waals surface area contributed by atoms with Crippen molar-refractivity contribution in [2.45, 2.75) is 39.2 Å². The average Bonchev–Trinajstić information content (AvgIpc) is 3.74. The van der Waals surface area contributed by atoms with Crippen LogP contribution in [0.4, 0.5) is 31.8 Å². The lowest BCUT2D eigenvalue weighted by Gasteiger charge is -2.11. The highest BCUT2D eigenvalue weighted by molar-refractivity contribution is 5.67. The van der Waals surface area contributed by atoms with Crippen molar-refractivity contribution in [2.24, 2.45) is 0 Å². The van der Waals surface area contributed by atoms with E-state index < -0.39 is 11.6 Å². The number of halogens is 2. The summed E-state index contributed by atoms with van der Waals surface area (Å²) in [5, 5.41) is 26.7. The van der Waals surface area contributed by atoms with Crippen LogP contribution in [0.2, 0.25) is 0 Å². The molecule has 1 aromatic carbocycles. The normalized spacial score (nSPS) is 12.8. The number of anilines is 4. The SMILES string of the molecule is CCOc1cc(F)c(Cn2nc(-c3nc(Nc4ccnnc4)cc(Nc4ccnnc4)n3)c(C)c2C2CC2)c(F)c1. The number of benzene rings is 1. The fraction of sp³-hybridized carbons (Fsp3) is 0.250. The van der Waals surface area contributed by atoms with Gasteiger partial charge in [0.1, 0.15) is 34.7 Å². The van der Waals surface area contributed by atoms with Gasteiger partial charge in [-0.15, -0.1) is 0 Å². The van der Waals surface area contributed by atoms with Gasteiger partial charge < -0.3 is 15.4 Å². The predicted molar refractivity (Wildman–Crippen MR) is 147 cm³/mol. The lowest BCUT2D eigenvalue weighted by Crippen LogP contribution is -2.10. The number of nitrogens with one attached hydrogen (secondary N) is 2. The number of rotatable bonds is 10. The number of ether oxygens (including phenoxy) is 1. The van der Waals surface area contributed by atoms with Crippen molar-refractivity contribution in [3.8, 4) is 17.3 Å². The van der Waals surface area contributed by atoms with Gasteiger partial charge in [-0.25, -0.2) is 18.7 Å². The number of nitrogens with zero attached hydrogens (tertiary/aromatic N) is 8.